The van der Waals surface area contributed by atoms with Crippen LogP contribution in [0.3, 0.4) is 0 Å². The Kier molecular flexibility index (Phi) is 2.90. The van der Waals surface area contributed by atoms with E-state index in [1.54, 1.807) is 17.4 Å². The lowest BCUT2D eigenvalue weighted by Gasteiger charge is -2.01. The summed E-state index contributed by atoms with van der Waals surface area (Å²) in [5.74, 6) is -0.880. The number of nitrogens with zero attached hydrogens (tertiary/aromatic N) is 1. The molecule has 0 aliphatic heterocycles. The second-order valence-corrected chi connectivity index (χ2v) is 5.96. The molecule has 2 rings (SSSR count). The number of thiophene rings is 1. The quantitative estimate of drug-likeness (QED) is 0.922. The molecule has 0 amide bonds. The van der Waals surface area contributed by atoms with E-state index in [2.05, 4.69) is 15.9 Å². The molecular formula is C11H10BrNO2S. The smallest absolute Gasteiger partial charge is 0.337 e. The van der Waals surface area contributed by atoms with Crippen LogP contribution in [0.15, 0.2) is 22.0 Å². The SMILES string of the molecule is Cc1c(C(=O)O)cc(-c2ccc(Br)s2)n1C. The zero-order chi connectivity index (χ0) is 11.9. The van der Waals surface area contributed by atoms with Crippen LogP contribution in [-0.4, -0.2) is 15.6 Å². The number of halogens is 1. The van der Waals surface area contributed by atoms with Crippen molar-refractivity contribution in [3.05, 3.63) is 33.2 Å². The minimum atomic E-state index is -0.880. The molecule has 2 aromatic heterocycles. The Bertz CT molecular complexity index is 556. The van der Waals surface area contributed by atoms with Gasteiger partial charge in [0.2, 0.25) is 0 Å². The molecule has 3 nitrogen and oxygen atoms in total. The fourth-order valence-electron chi connectivity index (χ4n) is 1.60. The van der Waals surface area contributed by atoms with E-state index in [0.717, 1.165) is 20.1 Å². The first kappa shape index (κ1) is 11.4. The van der Waals surface area contributed by atoms with Crippen LogP contribution in [0.2, 0.25) is 0 Å². The number of carboxylic acids is 1. The second kappa shape index (κ2) is 4.07. The molecule has 2 aromatic rings. The zero-order valence-electron chi connectivity index (χ0n) is 8.82. The van der Waals surface area contributed by atoms with Crippen LogP contribution in [0.1, 0.15) is 16.1 Å². The normalized spacial score (nSPS) is 10.7. The molecule has 1 N–H and O–H groups in total. The van der Waals surface area contributed by atoms with Gasteiger partial charge >= 0.3 is 5.97 Å². The van der Waals surface area contributed by atoms with Crippen molar-refractivity contribution >= 4 is 33.2 Å². The highest BCUT2D eigenvalue weighted by atomic mass is 79.9. The molecule has 0 unspecified atom stereocenters. The third kappa shape index (κ3) is 1.81. The maximum absolute atomic E-state index is 11.0. The van der Waals surface area contributed by atoms with Crippen molar-refractivity contribution < 1.29 is 9.90 Å². The minimum absolute atomic E-state index is 0.363. The van der Waals surface area contributed by atoms with Gasteiger partial charge in [-0.1, -0.05) is 0 Å². The molecule has 16 heavy (non-hydrogen) atoms. The van der Waals surface area contributed by atoms with Gasteiger partial charge in [-0.15, -0.1) is 11.3 Å². The van der Waals surface area contributed by atoms with E-state index in [9.17, 15) is 4.79 Å². The Labute approximate surface area is 105 Å². The van der Waals surface area contributed by atoms with Gasteiger partial charge in [-0.25, -0.2) is 4.79 Å². The Morgan fingerprint density at radius 1 is 1.50 bits per heavy atom. The van der Waals surface area contributed by atoms with Crippen molar-refractivity contribution in [2.24, 2.45) is 7.05 Å². The fourth-order valence-corrected chi connectivity index (χ4v) is 3.04. The first-order valence-corrected chi connectivity index (χ1v) is 6.27. The van der Waals surface area contributed by atoms with E-state index in [0.29, 0.717) is 5.56 Å². The Balaban J connectivity index is 2.58. The van der Waals surface area contributed by atoms with Crippen LogP contribution in [0.25, 0.3) is 10.6 Å². The van der Waals surface area contributed by atoms with Gasteiger partial charge in [-0.3, -0.25) is 0 Å². The van der Waals surface area contributed by atoms with Gasteiger partial charge in [0.05, 0.1) is 19.9 Å². The lowest BCUT2D eigenvalue weighted by atomic mass is 10.2. The van der Waals surface area contributed by atoms with E-state index in [-0.39, 0.29) is 0 Å². The van der Waals surface area contributed by atoms with Crippen molar-refractivity contribution in [3.63, 3.8) is 0 Å². The highest BCUT2D eigenvalue weighted by Gasteiger charge is 2.16. The minimum Gasteiger partial charge on any atom is -0.478 e. The van der Waals surface area contributed by atoms with Gasteiger partial charge in [0.1, 0.15) is 0 Å². The van der Waals surface area contributed by atoms with Crippen molar-refractivity contribution in [2.75, 3.05) is 0 Å². The second-order valence-electron chi connectivity index (χ2n) is 3.50. The summed E-state index contributed by atoms with van der Waals surface area (Å²) < 4.78 is 2.94. The summed E-state index contributed by atoms with van der Waals surface area (Å²) in [5.41, 5.74) is 2.07. The van der Waals surface area contributed by atoms with Crippen molar-refractivity contribution in [1.82, 2.24) is 4.57 Å². The number of rotatable bonds is 2. The predicted molar refractivity (Wildman–Crippen MR) is 68.1 cm³/mol. The van der Waals surface area contributed by atoms with Gasteiger partial charge in [0, 0.05) is 12.7 Å². The van der Waals surface area contributed by atoms with Crippen LogP contribution in [0.5, 0.6) is 0 Å². The fraction of sp³-hybridized carbons (Fsp3) is 0.182. The summed E-state index contributed by atoms with van der Waals surface area (Å²) in [6.07, 6.45) is 0. The molecule has 0 aliphatic rings. The van der Waals surface area contributed by atoms with Crippen molar-refractivity contribution in [3.8, 4) is 10.6 Å². The van der Waals surface area contributed by atoms with E-state index in [4.69, 9.17) is 5.11 Å². The van der Waals surface area contributed by atoms with Crippen molar-refractivity contribution in [2.45, 2.75) is 6.92 Å². The van der Waals surface area contributed by atoms with E-state index in [1.165, 1.54) is 0 Å². The summed E-state index contributed by atoms with van der Waals surface area (Å²) in [4.78, 5) is 12.1. The third-order valence-corrected chi connectivity index (χ3v) is 4.24. The highest BCUT2D eigenvalue weighted by molar-refractivity contribution is 9.11. The number of aromatic carboxylic acids is 1. The maximum Gasteiger partial charge on any atom is 0.337 e. The molecule has 2 heterocycles. The molecule has 0 radical (unpaired) electrons. The number of hydrogen-bond donors (Lipinski definition) is 1. The Hall–Kier alpha value is -1.07. The molecule has 5 heteroatoms. The summed E-state index contributed by atoms with van der Waals surface area (Å²) in [5, 5.41) is 9.04. The maximum atomic E-state index is 11.0. The molecular weight excluding hydrogens is 290 g/mol. The van der Waals surface area contributed by atoms with Gasteiger partial charge in [-0.05, 0) is 41.1 Å². The van der Waals surface area contributed by atoms with Gasteiger partial charge in [0.15, 0.2) is 0 Å². The van der Waals surface area contributed by atoms with Crippen LogP contribution in [0.4, 0.5) is 0 Å². The molecule has 0 saturated carbocycles. The number of carbonyl (C=O) groups is 1. The molecule has 0 aromatic carbocycles. The topological polar surface area (TPSA) is 42.2 Å². The van der Waals surface area contributed by atoms with E-state index < -0.39 is 5.97 Å². The average molecular weight is 300 g/mol. The van der Waals surface area contributed by atoms with Crippen LogP contribution in [0, 0.1) is 6.92 Å². The lowest BCUT2D eigenvalue weighted by molar-refractivity contribution is 0.0696. The number of carboxylic acid groups (broad SMARTS) is 1. The van der Waals surface area contributed by atoms with Crippen LogP contribution < -0.4 is 0 Å². The monoisotopic (exact) mass is 299 g/mol. The molecule has 0 atom stereocenters. The Morgan fingerprint density at radius 2 is 2.19 bits per heavy atom. The summed E-state index contributed by atoms with van der Waals surface area (Å²) >= 11 is 4.99. The summed E-state index contributed by atoms with van der Waals surface area (Å²) in [6.45, 7) is 1.82. The molecule has 84 valence electrons. The largest absolute Gasteiger partial charge is 0.478 e. The van der Waals surface area contributed by atoms with Gasteiger partial charge in [0.25, 0.3) is 0 Å². The van der Waals surface area contributed by atoms with Crippen LogP contribution in [-0.2, 0) is 7.05 Å². The molecule has 0 spiro atoms. The first-order chi connectivity index (χ1) is 7.50. The average Bonchev–Trinajstić information content (AvgIpc) is 2.74. The first-order valence-electron chi connectivity index (χ1n) is 4.66. The molecule has 0 bridgehead atoms. The summed E-state index contributed by atoms with van der Waals surface area (Å²) in [7, 11) is 1.88. The zero-order valence-corrected chi connectivity index (χ0v) is 11.2. The standard InChI is InChI=1S/C11H10BrNO2S/c1-6-7(11(14)15)5-8(13(6)2)9-3-4-10(12)16-9/h3-5H,1-2H3,(H,14,15). The van der Waals surface area contributed by atoms with Gasteiger partial charge in [-0.2, -0.15) is 0 Å². The van der Waals surface area contributed by atoms with E-state index in [1.807, 2.05) is 30.7 Å². The molecule has 0 fully saturated rings. The number of aromatic nitrogens is 1. The van der Waals surface area contributed by atoms with Crippen molar-refractivity contribution in [1.29, 1.82) is 0 Å². The Morgan fingerprint density at radius 3 is 2.62 bits per heavy atom. The van der Waals surface area contributed by atoms with E-state index >= 15 is 0 Å². The third-order valence-electron chi connectivity index (χ3n) is 2.59. The van der Waals surface area contributed by atoms with Crippen LogP contribution >= 0.6 is 27.3 Å². The number of hydrogen-bond acceptors (Lipinski definition) is 2. The van der Waals surface area contributed by atoms with Gasteiger partial charge < -0.3 is 9.67 Å². The molecule has 0 saturated heterocycles. The highest BCUT2D eigenvalue weighted by Crippen LogP contribution is 2.33. The summed E-state index contributed by atoms with van der Waals surface area (Å²) in [6, 6.07) is 5.66. The lowest BCUT2D eigenvalue weighted by Crippen LogP contribution is -1.99. The predicted octanol–water partition coefficient (Wildman–Crippen LogP) is 3.52. The molecule has 0 aliphatic carbocycles.